The molecule has 0 spiro atoms. The van der Waals surface area contributed by atoms with Gasteiger partial charge < -0.3 is 4.89 Å². The van der Waals surface area contributed by atoms with E-state index in [4.69, 9.17) is 0 Å². The maximum absolute atomic E-state index is 14.9. The molecule has 0 aromatic heterocycles. The first-order chi connectivity index (χ1) is 16.6. The normalized spacial score (nSPS) is 24.2. The number of hydrogen-bond acceptors (Lipinski definition) is 4. The summed E-state index contributed by atoms with van der Waals surface area (Å²) in [6, 6.07) is 30.5. The van der Waals surface area contributed by atoms with Crippen LogP contribution in [0, 0.1) is 0 Å². The Morgan fingerprint density at radius 2 is 1.06 bits per heavy atom. The maximum Gasteiger partial charge on any atom is 0.186 e. The van der Waals surface area contributed by atoms with E-state index in [9.17, 15) is 4.89 Å². The van der Waals surface area contributed by atoms with Crippen LogP contribution in [0.5, 0.6) is 0 Å². The zero-order valence-corrected chi connectivity index (χ0v) is 20.9. The summed E-state index contributed by atoms with van der Waals surface area (Å²) in [6.45, 7) is 1.81. The minimum Gasteiger partial charge on any atom is -0.636 e. The highest BCUT2D eigenvalue weighted by Crippen LogP contribution is 2.72. The number of nitrogens with zero attached hydrogens (tertiary/aromatic N) is 3. The molecule has 0 unspecified atom stereocenters. The van der Waals surface area contributed by atoms with E-state index >= 15 is 0 Å². The van der Waals surface area contributed by atoms with Crippen molar-refractivity contribution in [3.05, 3.63) is 96.1 Å². The lowest BCUT2D eigenvalue weighted by molar-refractivity contribution is -0.204. The van der Waals surface area contributed by atoms with Gasteiger partial charge >= 0.3 is 0 Å². The molecule has 4 aromatic carbocycles. The predicted molar refractivity (Wildman–Crippen MR) is 141 cm³/mol. The Bertz CT molecular complexity index is 1240. The number of benzene rings is 4. The van der Waals surface area contributed by atoms with Crippen molar-refractivity contribution >= 4 is 29.5 Å². The van der Waals surface area contributed by atoms with E-state index in [0.717, 1.165) is 25.9 Å². The van der Waals surface area contributed by atoms with E-state index < -0.39 is 7.94 Å². The third-order valence-electron chi connectivity index (χ3n) is 7.86. The van der Waals surface area contributed by atoms with E-state index in [-0.39, 0.29) is 12.1 Å². The van der Waals surface area contributed by atoms with Crippen molar-refractivity contribution in [1.29, 1.82) is 0 Å². The van der Waals surface area contributed by atoms with Crippen LogP contribution >= 0.6 is 7.94 Å². The topological polar surface area (TPSA) is 32.8 Å². The molecule has 4 nitrogen and oxygen atoms in total. The Balaban J connectivity index is 1.51. The van der Waals surface area contributed by atoms with Crippen LogP contribution in [0.1, 0.15) is 42.5 Å². The first-order valence-corrected chi connectivity index (χ1v) is 13.9. The van der Waals surface area contributed by atoms with Crippen LogP contribution in [0.15, 0.2) is 84.9 Å². The summed E-state index contributed by atoms with van der Waals surface area (Å²) >= 11 is 0. The van der Waals surface area contributed by atoms with E-state index in [1.165, 1.54) is 39.1 Å². The molecule has 0 N–H and O–H groups in total. The van der Waals surface area contributed by atoms with Crippen LogP contribution in [0.4, 0.5) is 0 Å². The summed E-state index contributed by atoms with van der Waals surface area (Å²) in [5.41, 5.74) is 2.45. The van der Waals surface area contributed by atoms with Gasteiger partial charge in [0.15, 0.2) is 7.94 Å². The van der Waals surface area contributed by atoms with Gasteiger partial charge in [-0.2, -0.15) is 4.67 Å². The number of piperidine rings is 1. The van der Waals surface area contributed by atoms with Gasteiger partial charge in [-0.1, -0.05) is 79.2 Å². The second-order valence-electron chi connectivity index (χ2n) is 9.78. The summed E-state index contributed by atoms with van der Waals surface area (Å²) < 4.78 is 6.66. The molecule has 0 saturated carbocycles. The fourth-order valence-electron chi connectivity index (χ4n) is 6.07. The molecule has 34 heavy (non-hydrogen) atoms. The summed E-state index contributed by atoms with van der Waals surface area (Å²) in [5.74, 6) is 0. The monoisotopic (exact) mass is 469 g/mol. The SMILES string of the molecule is CN1[C@@H](c2ccc3ccccc3c2)[C@H](c2ccc3ccccc3c2)N(C)[P+]1([O-])N1CCCCC1. The molecule has 4 aromatic rings. The first-order valence-electron chi connectivity index (χ1n) is 12.4. The highest BCUT2D eigenvalue weighted by Gasteiger charge is 2.59. The second-order valence-corrected chi connectivity index (χ2v) is 12.6. The van der Waals surface area contributed by atoms with E-state index in [1.807, 2.05) is 0 Å². The molecule has 174 valence electrons. The summed E-state index contributed by atoms with van der Waals surface area (Å²) in [4.78, 5) is 14.9. The standard InChI is InChI=1S/C29H32N3OP/c1-30-28(26-16-14-22-10-4-6-12-24(22)20-26)29(27-17-15-23-11-5-7-13-25(23)21-27)31(2)34(30,33)32-18-8-3-9-19-32/h4-7,10-17,20-21,28-29H,3,8-9,18-19H2,1-2H3/t28-,29-/m0/s1. The predicted octanol–water partition coefficient (Wildman–Crippen LogP) is 6.18. The maximum atomic E-state index is 14.9. The molecule has 2 aliphatic rings. The Hall–Kier alpha value is -2.33. The molecule has 2 saturated heterocycles. The molecule has 0 aliphatic carbocycles. The Morgan fingerprint density at radius 1 is 0.618 bits per heavy atom. The van der Waals surface area contributed by atoms with Gasteiger partial charge in [-0.25, -0.2) is 0 Å². The van der Waals surface area contributed by atoms with Crippen molar-refractivity contribution in [3.8, 4) is 0 Å². The third-order valence-corrected chi connectivity index (χ3v) is 11.1. The first kappa shape index (κ1) is 22.2. The molecule has 6 rings (SSSR count). The Labute approximate surface area is 203 Å². The molecule has 0 bridgehead atoms. The van der Waals surface area contributed by atoms with Crippen molar-refractivity contribution in [1.82, 2.24) is 14.0 Å². The minimum absolute atomic E-state index is 0.00327. The highest BCUT2D eigenvalue weighted by molar-refractivity contribution is 7.62. The Morgan fingerprint density at radius 3 is 1.53 bits per heavy atom. The Kier molecular flexibility index (Phi) is 5.68. The van der Waals surface area contributed by atoms with Gasteiger partial charge in [0.05, 0.1) is 12.1 Å². The van der Waals surface area contributed by atoms with Crippen LogP contribution < -0.4 is 4.89 Å². The molecular formula is C29H32N3OP. The van der Waals surface area contributed by atoms with Gasteiger partial charge in [-0.3, -0.25) is 0 Å². The van der Waals surface area contributed by atoms with Crippen molar-refractivity contribution in [2.24, 2.45) is 0 Å². The van der Waals surface area contributed by atoms with Gasteiger partial charge in [-0.15, -0.1) is 9.34 Å². The molecule has 5 heteroatoms. The van der Waals surface area contributed by atoms with Crippen molar-refractivity contribution in [2.45, 2.75) is 31.3 Å². The van der Waals surface area contributed by atoms with Gasteiger partial charge in [-0.05, 0) is 57.6 Å². The molecule has 2 atom stereocenters. The van der Waals surface area contributed by atoms with E-state index in [1.54, 1.807) is 0 Å². The van der Waals surface area contributed by atoms with E-state index in [0.29, 0.717) is 0 Å². The zero-order chi connectivity index (χ0) is 23.3. The van der Waals surface area contributed by atoms with Crippen molar-refractivity contribution in [3.63, 3.8) is 0 Å². The molecule has 0 radical (unpaired) electrons. The van der Waals surface area contributed by atoms with Crippen LogP contribution in [0.2, 0.25) is 0 Å². The fourth-order valence-corrected chi connectivity index (χ4v) is 9.29. The smallest absolute Gasteiger partial charge is 0.186 e. The molecule has 0 amide bonds. The lowest BCUT2D eigenvalue weighted by Gasteiger charge is -2.45. The van der Waals surface area contributed by atoms with Crippen molar-refractivity contribution < 1.29 is 4.89 Å². The largest absolute Gasteiger partial charge is 0.636 e. The van der Waals surface area contributed by atoms with Gasteiger partial charge in [0.1, 0.15) is 0 Å². The molecule has 2 heterocycles. The average molecular weight is 470 g/mol. The van der Waals surface area contributed by atoms with E-state index in [2.05, 4.69) is 113 Å². The van der Waals surface area contributed by atoms with Gasteiger partial charge in [0.25, 0.3) is 0 Å². The number of likely N-dealkylation sites (N-methyl/N-ethyl adjacent to an activating group) is 2. The third kappa shape index (κ3) is 3.48. The van der Waals surface area contributed by atoms with Crippen LogP contribution in [0.25, 0.3) is 21.5 Å². The average Bonchev–Trinajstić information content (AvgIpc) is 3.10. The summed E-state index contributed by atoms with van der Waals surface area (Å²) in [5, 5.41) is 4.93. The second kappa shape index (κ2) is 8.71. The zero-order valence-electron chi connectivity index (χ0n) is 20.0. The minimum atomic E-state index is -2.89. The van der Waals surface area contributed by atoms with Crippen LogP contribution in [-0.4, -0.2) is 41.2 Å². The molecule has 2 aliphatic heterocycles. The molecule has 2 fully saturated rings. The van der Waals surface area contributed by atoms with Gasteiger partial charge in [0.2, 0.25) is 0 Å². The lowest BCUT2D eigenvalue weighted by Crippen LogP contribution is -2.45. The fraction of sp³-hybridized carbons (Fsp3) is 0.310. The van der Waals surface area contributed by atoms with Crippen molar-refractivity contribution in [2.75, 3.05) is 27.2 Å². The van der Waals surface area contributed by atoms with Crippen LogP contribution in [0.3, 0.4) is 0 Å². The molecular weight excluding hydrogens is 437 g/mol. The lowest BCUT2D eigenvalue weighted by atomic mass is 9.91. The summed E-state index contributed by atoms with van der Waals surface area (Å²) in [6.07, 6.45) is 3.46. The van der Waals surface area contributed by atoms with Crippen LogP contribution in [-0.2, 0) is 0 Å². The van der Waals surface area contributed by atoms with Gasteiger partial charge in [0, 0.05) is 27.2 Å². The quantitative estimate of drug-likeness (QED) is 0.336. The number of rotatable bonds is 3. The highest BCUT2D eigenvalue weighted by atomic mass is 31.2. The number of fused-ring (bicyclic) bond motifs is 2. The number of hydrogen-bond donors (Lipinski definition) is 0. The summed E-state index contributed by atoms with van der Waals surface area (Å²) in [7, 11) is 1.26.